The number of thioether (sulfide) groups is 1. The third-order valence-corrected chi connectivity index (χ3v) is 3.53. The second-order valence-electron chi connectivity index (χ2n) is 3.78. The molecule has 2 heteroatoms. The Balaban J connectivity index is 2.14. The van der Waals surface area contributed by atoms with Crippen LogP contribution in [-0.4, -0.2) is 17.5 Å². The van der Waals surface area contributed by atoms with Gasteiger partial charge in [0, 0.05) is 17.5 Å². The van der Waals surface area contributed by atoms with Crippen molar-refractivity contribution in [1.82, 2.24) is 0 Å². The van der Waals surface area contributed by atoms with Crippen LogP contribution in [0.3, 0.4) is 0 Å². The van der Waals surface area contributed by atoms with Gasteiger partial charge in [0.2, 0.25) is 0 Å². The molecule has 0 spiro atoms. The highest BCUT2D eigenvalue weighted by Crippen LogP contribution is 2.14. The van der Waals surface area contributed by atoms with Crippen molar-refractivity contribution < 1.29 is 0 Å². The fraction of sp³-hybridized carbons (Fsp3) is 0.538. The van der Waals surface area contributed by atoms with Gasteiger partial charge in [-0.2, -0.15) is 11.8 Å². The fourth-order valence-electron chi connectivity index (χ4n) is 1.31. The lowest BCUT2D eigenvalue weighted by atomic mass is 10.3. The first-order valence-electron chi connectivity index (χ1n) is 5.73. The van der Waals surface area contributed by atoms with E-state index in [0.717, 1.165) is 6.54 Å². The van der Waals surface area contributed by atoms with Crippen molar-refractivity contribution >= 4 is 17.4 Å². The topological polar surface area (TPSA) is 12.0 Å². The molecular formula is C13H21NS. The normalized spacial score (nSPS) is 12.4. The summed E-state index contributed by atoms with van der Waals surface area (Å²) in [6.07, 6.45) is 2.63. The highest BCUT2D eigenvalue weighted by Gasteiger charge is 2.01. The van der Waals surface area contributed by atoms with Crippen molar-refractivity contribution in [2.45, 2.75) is 31.9 Å². The number of benzene rings is 1. The first kappa shape index (κ1) is 12.4. The molecule has 1 atom stereocenters. The van der Waals surface area contributed by atoms with Gasteiger partial charge in [0.15, 0.2) is 0 Å². The molecule has 0 aromatic heterocycles. The van der Waals surface area contributed by atoms with Crippen LogP contribution in [0.25, 0.3) is 0 Å². The van der Waals surface area contributed by atoms with Gasteiger partial charge < -0.3 is 5.32 Å². The molecule has 15 heavy (non-hydrogen) atoms. The Morgan fingerprint density at radius 1 is 1.27 bits per heavy atom. The van der Waals surface area contributed by atoms with Crippen molar-refractivity contribution in [3.05, 3.63) is 30.3 Å². The van der Waals surface area contributed by atoms with E-state index in [-0.39, 0.29) is 0 Å². The van der Waals surface area contributed by atoms with Gasteiger partial charge in [-0.25, -0.2) is 0 Å². The van der Waals surface area contributed by atoms with E-state index < -0.39 is 0 Å². The minimum absolute atomic E-state index is 0.691. The summed E-state index contributed by atoms with van der Waals surface area (Å²) >= 11 is 2.06. The quantitative estimate of drug-likeness (QED) is 0.701. The van der Waals surface area contributed by atoms with Crippen molar-refractivity contribution in [2.75, 3.05) is 17.6 Å². The highest BCUT2D eigenvalue weighted by atomic mass is 32.2. The standard InChI is InChI=1S/C13H21NS/c1-3-4-10-15-12(2)11-14-13-8-6-5-7-9-13/h5-9,12,14H,3-4,10-11H2,1-2H3. The summed E-state index contributed by atoms with van der Waals surface area (Å²) in [5.74, 6) is 1.29. The Hall–Kier alpha value is -0.630. The summed E-state index contributed by atoms with van der Waals surface area (Å²) in [6, 6.07) is 10.4. The van der Waals surface area contributed by atoms with E-state index >= 15 is 0 Å². The summed E-state index contributed by atoms with van der Waals surface area (Å²) in [7, 11) is 0. The Bertz CT molecular complexity index is 248. The zero-order chi connectivity index (χ0) is 10.9. The number of nitrogens with one attached hydrogen (secondary N) is 1. The van der Waals surface area contributed by atoms with Gasteiger partial charge in [-0.05, 0) is 24.3 Å². The van der Waals surface area contributed by atoms with E-state index in [1.165, 1.54) is 24.3 Å². The number of anilines is 1. The largest absolute Gasteiger partial charge is 0.384 e. The molecule has 0 heterocycles. The summed E-state index contributed by atoms with van der Waals surface area (Å²) in [6.45, 7) is 5.59. The lowest BCUT2D eigenvalue weighted by molar-refractivity contribution is 0.889. The number of hydrogen-bond donors (Lipinski definition) is 1. The first-order valence-corrected chi connectivity index (χ1v) is 6.78. The monoisotopic (exact) mass is 223 g/mol. The lowest BCUT2D eigenvalue weighted by Gasteiger charge is -2.12. The van der Waals surface area contributed by atoms with E-state index in [9.17, 15) is 0 Å². The molecule has 1 nitrogen and oxygen atoms in total. The minimum atomic E-state index is 0.691. The molecular weight excluding hydrogens is 202 g/mol. The molecule has 0 aliphatic heterocycles. The Morgan fingerprint density at radius 3 is 2.67 bits per heavy atom. The molecule has 1 unspecified atom stereocenters. The lowest BCUT2D eigenvalue weighted by Crippen LogP contribution is -2.13. The Morgan fingerprint density at radius 2 is 2.00 bits per heavy atom. The number of rotatable bonds is 7. The van der Waals surface area contributed by atoms with Crippen LogP contribution in [-0.2, 0) is 0 Å². The molecule has 0 saturated heterocycles. The summed E-state index contributed by atoms with van der Waals surface area (Å²) in [5.41, 5.74) is 1.22. The van der Waals surface area contributed by atoms with Crippen LogP contribution < -0.4 is 5.32 Å². The zero-order valence-electron chi connectivity index (χ0n) is 9.70. The maximum absolute atomic E-state index is 3.45. The van der Waals surface area contributed by atoms with Gasteiger partial charge in [-0.3, -0.25) is 0 Å². The molecule has 1 N–H and O–H groups in total. The zero-order valence-corrected chi connectivity index (χ0v) is 10.5. The molecule has 0 bridgehead atoms. The van der Waals surface area contributed by atoms with Crippen LogP contribution in [0.1, 0.15) is 26.7 Å². The number of para-hydroxylation sites is 1. The Labute approximate surface area is 97.7 Å². The van der Waals surface area contributed by atoms with E-state index in [1.54, 1.807) is 0 Å². The van der Waals surface area contributed by atoms with E-state index in [2.05, 4.69) is 55.2 Å². The predicted octanol–water partition coefficient (Wildman–Crippen LogP) is 4.02. The van der Waals surface area contributed by atoms with Crippen molar-refractivity contribution in [3.8, 4) is 0 Å². The van der Waals surface area contributed by atoms with Crippen molar-refractivity contribution in [1.29, 1.82) is 0 Å². The molecule has 0 fully saturated rings. The van der Waals surface area contributed by atoms with Crippen LogP contribution in [0.15, 0.2) is 30.3 Å². The molecule has 0 saturated carbocycles. The van der Waals surface area contributed by atoms with E-state index in [1.807, 2.05) is 6.07 Å². The average Bonchev–Trinajstić information content (AvgIpc) is 2.28. The van der Waals surface area contributed by atoms with Crippen molar-refractivity contribution in [3.63, 3.8) is 0 Å². The van der Waals surface area contributed by atoms with Gasteiger partial charge >= 0.3 is 0 Å². The maximum Gasteiger partial charge on any atom is 0.0340 e. The molecule has 1 rings (SSSR count). The second kappa shape index (κ2) is 7.63. The number of unbranched alkanes of at least 4 members (excludes halogenated alkanes) is 1. The third-order valence-electron chi connectivity index (χ3n) is 2.27. The molecule has 0 aliphatic rings. The van der Waals surface area contributed by atoms with Crippen LogP contribution in [0.2, 0.25) is 0 Å². The minimum Gasteiger partial charge on any atom is -0.384 e. The SMILES string of the molecule is CCCCSC(C)CNc1ccccc1. The molecule has 0 radical (unpaired) electrons. The first-order chi connectivity index (χ1) is 7.33. The van der Waals surface area contributed by atoms with Gasteiger partial charge in [-0.15, -0.1) is 0 Å². The summed E-state index contributed by atoms with van der Waals surface area (Å²) in [4.78, 5) is 0. The molecule has 1 aromatic carbocycles. The molecule has 1 aromatic rings. The molecule has 84 valence electrons. The average molecular weight is 223 g/mol. The third kappa shape index (κ3) is 5.73. The van der Waals surface area contributed by atoms with Crippen molar-refractivity contribution in [2.24, 2.45) is 0 Å². The Kier molecular flexibility index (Phi) is 6.33. The summed E-state index contributed by atoms with van der Waals surface area (Å²) < 4.78 is 0. The van der Waals surface area contributed by atoms with Gasteiger partial charge in [-0.1, -0.05) is 38.5 Å². The van der Waals surface area contributed by atoms with E-state index in [4.69, 9.17) is 0 Å². The number of hydrogen-bond acceptors (Lipinski definition) is 2. The fourth-order valence-corrected chi connectivity index (χ4v) is 2.36. The molecule has 0 aliphatic carbocycles. The van der Waals surface area contributed by atoms with Crippen LogP contribution in [0.4, 0.5) is 5.69 Å². The smallest absolute Gasteiger partial charge is 0.0340 e. The van der Waals surface area contributed by atoms with Gasteiger partial charge in [0.1, 0.15) is 0 Å². The second-order valence-corrected chi connectivity index (χ2v) is 5.33. The van der Waals surface area contributed by atoms with Gasteiger partial charge in [0.05, 0.1) is 0 Å². The van der Waals surface area contributed by atoms with Crippen LogP contribution >= 0.6 is 11.8 Å². The van der Waals surface area contributed by atoms with Gasteiger partial charge in [0.25, 0.3) is 0 Å². The summed E-state index contributed by atoms with van der Waals surface area (Å²) in [5, 5.41) is 4.14. The maximum atomic E-state index is 3.45. The highest BCUT2D eigenvalue weighted by molar-refractivity contribution is 7.99. The van der Waals surface area contributed by atoms with Crippen LogP contribution in [0, 0.1) is 0 Å². The molecule has 0 amide bonds. The predicted molar refractivity (Wildman–Crippen MR) is 71.8 cm³/mol. The van der Waals surface area contributed by atoms with Crippen LogP contribution in [0.5, 0.6) is 0 Å². The van der Waals surface area contributed by atoms with E-state index in [0.29, 0.717) is 5.25 Å².